The largest absolute Gasteiger partial charge is 0.483 e. The van der Waals surface area contributed by atoms with Crippen molar-refractivity contribution in [2.45, 2.75) is 65.2 Å². The molecular weight excluding hydrogens is 478 g/mol. The summed E-state index contributed by atoms with van der Waals surface area (Å²) in [6.07, 6.45) is 10.8. The van der Waals surface area contributed by atoms with E-state index >= 15 is 0 Å². The minimum absolute atomic E-state index is 0.0762. The Labute approximate surface area is 195 Å². The Bertz CT molecular complexity index is 656. The van der Waals surface area contributed by atoms with Gasteiger partial charge in [-0.25, -0.2) is 18.7 Å². The zero-order chi connectivity index (χ0) is 25.0. The van der Waals surface area contributed by atoms with Crippen LogP contribution >= 0.6 is 15.6 Å². The maximum atomic E-state index is 12.5. The van der Waals surface area contributed by atoms with Gasteiger partial charge in [0.15, 0.2) is 0 Å². The summed E-state index contributed by atoms with van der Waals surface area (Å²) >= 11 is 0. The van der Waals surface area contributed by atoms with Crippen LogP contribution in [0.1, 0.15) is 65.2 Å². The van der Waals surface area contributed by atoms with Crippen LogP contribution in [0.25, 0.3) is 0 Å². The van der Waals surface area contributed by atoms with Crippen LogP contribution in [0.4, 0.5) is 0 Å². The van der Waals surface area contributed by atoms with Crippen molar-refractivity contribution >= 4 is 27.6 Å². The van der Waals surface area contributed by atoms with Gasteiger partial charge in [-0.15, -0.1) is 0 Å². The fourth-order valence-corrected chi connectivity index (χ4v) is 4.60. The highest BCUT2D eigenvalue weighted by Crippen LogP contribution is 2.61. The zero-order valence-corrected chi connectivity index (χ0v) is 21.0. The number of rotatable bonds is 20. The van der Waals surface area contributed by atoms with Gasteiger partial charge in [0.1, 0.15) is 0 Å². The minimum Gasteiger partial charge on any atom is -0.463 e. The second-order valence-corrected chi connectivity index (χ2v) is 9.89. The van der Waals surface area contributed by atoms with Crippen LogP contribution in [-0.2, 0) is 41.6 Å². The van der Waals surface area contributed by atoms with Gasteiger partial charge < -0.3 is 19.3 Å². The lowest BCUT2D eigenvalue weighted by Gasteiger charge is -2.18. The molecule has 13 heteroatoms. The maximum Gasteiger partial charge on any atom is 0.483 e. The predicted octanol–water partition coefficient (Wildman–Crippen LogP) is 4.60. The second-order valence-electron chi connectivity index (χ2n) is 6.85. The average molecular weight is 514 g/mol. The Morgan fingerprint density at radius 2 is 1.03 bits per heavy atom. The van der Waals surface area contributed by atoms with Crippen molar-refractivity contribution in [3.05, 3.63) is 24.3 Å². The first kappa shape index (κ1) is 31.7. The molecule has 192 valence electrons. The van der Waals surface area contributed by atoms with E-state index in [0.717, 1.165) is 12.8 Å². The Morgan fingerprint density at radius 1 is 0.667 bits per heavy atom. The van der Waals surface area contributed by atoms with Gasteiger partial charge in [0, 0.05) is 12.2 Å². The molecule has 0 bridgehead atoms. The third kappa shape index (κ3) is 21.0. The van der Waals surface area contributed by atoms with Gasteiger partial charge in [-0.3, -0.25) is 9.05 Å². The Balaban J connectivity index is 4.08. The van der Waals surface area contributed by atoms with Gasteiger partial charge >= 0.3 is 27.6 Å². The molecule has 0 saturated carbocycles. The molecule has 0 atom stereocenters. The molecule has 0 heterocycles. The summed E-state index contributed by atoms with van der Waals surface area (Å²) in [5.74, 6) is -0.803. The summed E-state index contributed by atoms with van der Waals surface area (Å²) in [7, 11) is -9.50. The van der Waals surface area contributed by atoms with Crippen molar-refractivity contribution in [3.63, 3.8) is 0 Å². The molecule has 0 aliphatic heterocycles. The van der Waals surface area contributed by atoms with Crippen molar-refractivity contribution in [2.24, 2.45) is 0 Å². The summed E-state index contributed by atoms with van der Waals surface area (Å²) in [4.78, 5) is 40.3. The van der Waals surface area contributed by atoms with E-state index in [1.54, 1.807) is 26.0 Å². The first-order valence-corrected chi connectivity index (χ1v) is 13.9. The van der Waals surface area contributed by atoms with Crippen LogP contribution in [0.15, 0.2) is 24.3 Å². The van der Waals surface area contributed by atoms with E-state index in [9.17, 15) is 18.7 Å². The molecule has 0 fully saturated rings. The number of ether oxygens (including phenoxy) is 2. The summed E-state index contributed by atoms with van der Waals surface area (Å²) in [6.45, 7) is 3.85. The van der Waals surface area contributed by atoms with Gasteiger partial charge in [0.2, 0.25) is 0 Å². The van der Waals surface area contributed by atoms with Crippen molar-refractivity contribution in [1.29, 1.82) is 0 Å². The molecule has 0 aromatic carbocycles. The lowest BCUT2D eigenvalue weighted by atomic mass is 10.2. The first-order valence-electron chi connectivity index (χ1n) is 10.9. The number of phosphoric acid groups is 2. The van der Waals surface area contributed by atoms with Gasteiger partial charge in [-0.1, -0.05) is 25.0 Å². The molecule has 0 aliphatic carbocycles. The Hall–Kier alpha value is -1.32. The van der Waals surface area contributed by atoms with Gasteiger partial charge in [-0.2, -0.15) is 4.31 Å². The standard InChI is InChI=1S/C20H36O11P2/c1-3-13-19(21)27-15-9-5-7-11-17-29-33(26,31-32(23,24)25)30-18-12-8-6-10-16-28-20(22)14-4-2/h3-4,13-14H,5-12,15-18H2,1-2H3,(H2,23,24,25). The van der Waals surface area contributed by atoms with Gasteiger partial charge in [0.25, 0.3) is 0 Å². The van der Waals surface area contributed by atoms with Crippen LogP contribution in [0.5, 0.6) is 0 Å². The molecule has 0 aromatic rings. The number of allylic oxidation sites excluding steroid dienone is 2. The first-order chi connectivity index (χ1) is 15.6. The normalized spacial score (nSPS) is 13.9. The van der Waals surface area contributed by atoms with Crippen molar-refractivity contribution in [3.8, 4) is 0 Å². The molecule has 0 amide bonds. The maximum absolute atomic E-state index is 12.5. The molecule has 0 saturated heterocycles. The highest BCUT2D eigenvalue weighted by atomic mass is 31.3. The van der Waals surface area contributed by atoms with Gasteiger partial charge in [-0.05, 0) is 52.4 Å². The zero-order valence-electron chi connectivity index (χ0n) is 19.3. The number of carbonyl (C=O) groups is 2. The molecule has 0 aromatic heterocycles. The SMILES string of the molecule is CC=CC(=O)OCCCCCCOP(=O)(OCCCCCCOC(=O)C=CC)OP(=O)(O)O. The molecule has 33 heavy (non-hydrogen) atoms. The number of esters is 2. The summed E-state index contributed by atoms with van der Waals surface area (Å²) < 4.78 is 47.8. The lowest BCUT2D eigenvalue weighted by Crippen LogP contribution is -2.04. The number of hydrogen-bond acceptors (Lipinski definition) is 9. The molecule has 11 nitrogen and oxygen atoms in total. The molecule has 2 N–H and O–H groups in total. The molecule has 0 rings (SSSR count). The highest BCUT2D eigenvalue weighted by molar-refractivity contribution is 7.61. The molecule has 0 spiro atoms. The van der Waals surface area contributed by atoms with E-state index < -0.39 is 27.6 Å². The minimum atomic E-state index is -5.08. The fourth-order valence-electron chi connectivity index (χ4n) is 2.40. The second kappa shape index (κ2) is 19.0. The van der Waals surface area contributed by atoms with E-state index in [-0.39, 0.29) is 26.4 Å². The van der Waals surface area contributed by atoms with Crippen molar-refractivity contribution in [2.75, 3.05) is 26.4 Å². The van der Waals surface area contributed by atoms with Crippen LogP contribution in [0, 0.1) is 0 Å². The van der Waals surface area contributed by atoms with Crippen LogP contribution < -0.4 is 0 Å². The number of hydrogen-bond donors (Lipinski definition) is 2. The number of phosphoric ester groups is 1. The third-order valence-electron chi connectivity index (χ3n) is 3.88. The van der Waals surface area contributed by atoms with E-state index in [1.165, 1.54) is 12.2 Å². The van der Waals surface area contributed by atoms with Crippen LogP contribution in [0.3, 0.4) is 0 Å². The van der Waals surface area contributed by atoms with E-state index in [0.29, 0.717) is 38.5 Å². The summed E-state index contributed by atoms with van der Waals surface area (Å²) in [5, 5.41) is 0. The monoisotopic (exact) mass is 514 g/mol. The predicted molar refractivity (Wildman–Crippen MR) is 121 cm³/mol. The quantitative estimate of drug-likeness (QED) is 0.101. The molecule has 0 unspecified atom stereocenters. The number of carbonyl (C=O) groups excluding carboxylic acids is 2. The smallest absolute Gasteiger partial charge is 0.463 e. The van der Waals surface area contributed by atoms with Crippen LogP contribution in [0.2, 0.25) is 0 Å². The lowest BCUT2D eigenvalue weighted by molar-refractivity contribution is -0.138. The van der Waals surface area contributed by atoms with E-state index in [4.69, 9.17) is 28.3 Å². The molecular formula is C20H36O11P2. The average Bonchev–Trinajstić information content (AvgIpc) is 2.71. The molecule has 0 aliphatic rings. The summed E-state index contributed by atoms with van der Waals surface area (Å²) in [5.41, 5.74) is 0. The van der Waals surface area contributed by atoms with E-state index in [2.05, 4.69) is 4.31 Å². The number of unbranched alkanes of at least 4 members (excludes halogenated alkanes) is 6. The van der Waals surface area contributed by atoms with Crippen LogP contribution in [-0.4, -0.2) is 48.2 Å². The van der Waals surface area contributed by atoms with Crippen molar-refractivity contribution < 1.29 is 51.3 Å². The highest BCUT2D eigenvalue weighted by Gasteiger charge is 2.35. The Kier molecular flexibility index (Phi) is 18.3. The summed E-state index contributed by atoms with van der Waals surface area (Å²) in [6, 6.07) is 0. The topological polar surface area (TPSA) is 155 Å². The third-order valence-corrected chi connectivity index (χ3v) is 6.53. The van der Waals surface area contributed by atoms with Crippen molar-refractivity contribution in [1.82, 2.24) is 0 Å². The van der Waals surface area contributed by atoms with E-state index in [1.807, 2.05) is 0 Å². The molecule has 0 radical (unpaired) electrons. The van der Waals surface area contributed by atoms with Gasteiger partial charge in [0.05, 0.1) is 26.4 Å². The fraction of sp³-hybridized carbons (Fsp3) is 0.700. The Morgan fingerprint density at radius 3 is 1.36 bits per heavy atom.